The number of Topliss-reactive ketones (excluding diaryl/α,β-unsaturated/α-hetero) is 2. The van der Waals surface area contributed by atoms with E-state index in [2.05, 4.69) is 16.0 Å². The van der Waals surface area contributed by atoms with Crippen molar-refractivity contribution in [1.82, 2.24) is 14.8 Å². The first-order chi connectivity index (χ1) is 15.0. The van der Waals surface area contributed by atoms with Crippen LogP contribution in [0.1, 0.15) is 53.9 Å². The van der Waals surface area contributed by atoms with Crippen LogP contribution >= 0.6 is 11.3 Å². The van der Waals surface area contributed by atoms with Crippen molar-refractivity contribution in [3.05, 3.63) is 52.5 Å². The molecular formula is C24H31N3O3S. The normalized spacial score (nSPS) is 15.0. The molecule has 31 heavy (non-hydrogen) atoms. The number of likely N-dealkylation sites (tertiary alicyclic amines) is 1. The molecule has 0 N–H and O–H groups in total. The summed E-state index contributed by atoms with van der Waals surface area (Å²) >= 11 is 1.39. The van der Waals surface area contributed by atoms with Crippen LogP contribution in [0.4, 0.5) is 0 Å². The van der Waals surface area contributed by atoms with Gasteiger partial charge in [0.2, 0.25) is 5.91 Å². The Labute approximate surface area is 188 Å². The second-order valence-electron chi connectivity index (χ2n) is 8.09. The average molecular weight is 442 g/mol. The molecule has 0 saturated carbocycles. The minimum absolute atomic E-state index is 0.00148. The molecule has 2 aromatic rings. The van der Waals surface area contributed by atoms with E-state index < -0.39 is 0 Å². The zero-order valence-electron chi connectivity index (χ0n) is 18.2. The number of ketones is 2. The molecule has 1 amide bonds. The van der Waals surface area contributed by atoms with Gasteiger partial charge in [-0.1, -0.05) is 12.1 Å². The first-order valence-corrected chi connectivity index (χ1v) is 11.9. The number of carbonyl (C=O) groups excluding carboxylic acids is 3. The quantitative estimate of drug-likeness (QED) is 0.498. The number of amides is 1. The molecule has 0 atom stereocenters. The van der Waals surface area contributed by atoms with E-state index in [1.807, 2.05) is 41.7 Å². The van der Waals surface area contributed by atoms with Crippen molar-refractivity contribution in [2.45, 2.75) is 51.0 Å². The fourth-order valence-electron chi connectivity index (χ4n) is 3.91. The smallest absolute Gasteiger partial charge is 0.223 e. The standard InChI is InChI=1S/C24H31N3O3S/c1-26(20-12-16-27(17-13-20)15-11-19-5-2-3-14-25-19)24(30)10-8-21(28)7-9-22(29)23-6-4-18-31-23/h2-6,14,18,20H,7-13,15-17H2,1H3. The SMILES string of the molecule is CN(C(=O)CCC(=O)CCC(=O)c1cccs1)C1CCN(CCc2ccccn2)CC1. The molecular weight excluding hydrogens is 410 g/mol. The Bertz CT molecular complexity index is 846. The minimum Gasteiger partial charge on any atom is -0.343 e. The zero-order valence-corrected chi connectivity index (χ0v) is 19.0. The summed E-state index contributed by atoms with van der Waals surface area (Å²) in [6.07, 6.45) is 5.54. The Balaban J connectivity index is 1.31. The van der Waals surface area contributed by atoms with Crippen LogP contribution in [0, 0.1) is 0 Å². The number of thiophene rings is 1. The average Bonchev–Trinajstić information content (AvgIpc) is 3.35. The van der Waals surface area contributed by atoms with Crippen LogP contribution in [-0.4, -0.2) is 65.0 Å². The molecule has 1 aliphatic heterocycles. The van der Waals surface area contributed by atoms with E-state index in [4.69, 9.17) is 0 Å². The number of nitrogens with zero attached hydrogens (tertiary/aromatic N) is 3. The zero-order chi connectivity index (χ0) is 22.1. The van der Waals surface area contributed by atoms with Gasteiger partial charge in [0.1, 0.15) is 5.78 Å². The molecule has 0 bridgehead atoms. The van der Waals surface area contributed by atoms with E-state index >= 15 is 0 Å². The third-order valence-electron chi connectivity index (χ3n) is 5.95. The van der Waals surface area contributed by atoms with Gasteiger partial charge in [0, 0.05) is 76.7 Å². The fourth-order valence-corrected chi connectivity index (χ4v) is 4.61. The third kappa shape index (κ3) is 7.36. The van der Waals surface area contributed by atoms with Crippen LogP contribution in [0.25, 0.3) is 0 Å². The number of hydrogen-bond donors (Lipinski definition) is 0. The van der Waals surface area contributed by atoms with Gasteiger partial charge in [0.15, 0.2) is 5.78 Å². The highest BCUT2D eigenvalue weighted by atomic mass is 32.1. The van der Waals surface area contributed by atoms with Crippen LogP contribution in [-0.2, 0) is 16.0 Å². The number of carbonyl (C=O) groups is 3. The summed E-state index contributed by atoms with van der Waals surface area (Å²) in [6.45, 7) is 2.93. The van der Waals surface area contributed by atoms with Gasteiger partial charge >= 0.3 is 0 Å². The highest BCUT2D eigenvalue weighted by molar-refractivity contribution is 7.12. The summed E-state index contributed by atoms with van der Waals surface area (Å²) in [4.78, 5) is 46.0. The molecule has 0 unspecified atom stereocenters. The Kier molecular flexibility index (Phi) is 8.91. The van der Waals surface area contributed by atoms with Crippen LogP contribution in [0.2, 0.25) is 0 Å². The van der Waals surface area contributed by atoms with Crippen LogP contribution < -0.4 is 0 Å². The predicted octanol–water partition coefficient (Wildman–Crippen LogP) is 3.62. The molecule has 1 saturated heterocycles. The van der Waals surface area contributed by atoms with Gasteiger partial charge in [-0.3, -0.25) is 19.4 Å². The van der Waals surface area contributed by atoms with Gasteiger partial charge in [-0.15, -0.1) is 11.3 Å². The minimum atomic E-state index is -0.0176. The lowest BCUT2D eigenvalue weighted by Gasteiger charge is -2.36. The molecule has 0 radical (unpaired) electrons. The molecule has 2 aromatic heterocycles. The van der Waals surface area contributed by atoms with Gasteiger partial charge in [-0.25, -0.2) is 0 Å². The topological polar surface area (TPSA) is 70.6 Å². The summed E-state index contributed by atoms with van der Waals surface area (Å²) in [5, 5.41) is 1.86. The number of rotatable bonds is 11. The largest absolute Gasteiger partial charge is 0.343 e. The summed E-state index contributed by atoms with van der Waals surface area (Å²) in [7, 11) is 1.85. The van der Waals surface area contributed by atoms with Crippen molar-refractivity contribution in [1.29, 1.82) is 0 Å². The number of pyridine rings is 1. The maximum Gasteiger partial charge on any atom is 0.223 e. The first-order valence-electron chi connectivity index (χ1n) is 11.0. The van der Waals surface area contributed by atoms with Gasteiger partial charge < -0.3 is 9.80 Å². The van der Waals surface area contributed by atoms with E-state index in [1.54, 1.807) is 6.07 Å². The number of hydrogen-bond acceptors (Lipinski definition) is 6. The maximum atomic E-state index is 12.6. The van der Waals surface area contributed by atoms with Crippen molar-refractivity contribution >= 4 is 28.8 Å². The van der Waals surface area contributed by atoms with E-state index in [0.29, 0.717) is 4.88 Å². The Hall–Kier alpha value is -2.38. The summed E-state index contributed by atoms with van der Waals surface area (Å²) in [5.74, 6) is 0.00228. The van der Waals surface area contributed by atoms with Gasteiger partial charge in [0.05, 0.1) is 4.88 Å². The van der Waals surface area contributed by atoms with Crippen LogP contribution in [0.5, 0.6) is 0 Å². The van der Waals surface area contributed by atoms with E-state index in [-0.39, 0.29) is 49.2 Å². The molecule has 166 valence electrons. The van der Waals surface area contributed by atoms with E-state index in [9.17, 15) is 14.4 Å². The maximum absolute atomic E-state index is 12.6. The van der Waals surface area contributed by atoms with E-state index in [1.165, 1.54) is 11.3 Å². The summed E-state index contributed by atoms with van der Waals surface area (Å²) in [5.41, 5.74) is 1.11. The molecule has 6 nitrogen and oxygen atoms in total. The summed E-state index contributed by atoms with van der Waals surface area (Å²) < 4.78 is 0. The van der Waals surface area contributed by atoms with Crippen molar-refractivity contribution in [3.63, 3.8) is 0 Å². The number of piperidine rings is 1. The molecule has 3 rings (SSSR count). The van der Waals surface area contributed by atoms with Crippen molar-refractivity contribution in [2.75, 3.05) is 26.7 Å². The molecule has 0 aromatic carbocycles. The van der Waals surface area contributed by atoms with Gasteiger partial charge in [-0.05, 0) is 36.4 Å². The second kappa shape index (κ2) is 11.9. The van der Waals surface area contributed by atoms with Crippen LogP contribution in [0.3, 0.4) is 0 Å². The van der Waals surface area contributed by atoms with Crippen LogP contribution in [0.15, 0.2) is 41.9 Å². The monoisotopic (exact) mass is 441 g/mol. The molecule has 0 spiro atoms. The predicted molar refractivity (Wildman–Crippen MR) is 122 cm³/mol. The molecule has 7 heteroatoms. The van der Waals surface area contributed by atoms with Gasteiger partial charge in [-0.2, -0.15) is 0 Å². The van der Waals surface area contributed by atoms with Crippen molar-refractivity contribution < 1.29 is 14.4 Å². The highest BCUT2D eigenvalue weighted by Gasteiger charge is 2.25. The fraction of sp³-hybridized carbons (Fsp3) is 0.500. The Morgan fingerprint density at radius 3 is 2.52 bits per heavy atom. The van der Waals surface area contributed by atoms with Crippen molar-refractivity contribution in [2.24, 2.45) is 0 Å². The molecule has 3 heterocycles. The highest BCUT2D eigenvalue weighted by Crippen LogP contribution is 2.18. The molecule has 1 aliphatic rings. The van der Waals surface area contributed by atoms with Gasteiger partial charge in [0.25, 0.3) is 0 Å². The Morgan fingerprint density at radius 2 is 1.84 bits per heavy atom. The molecule has 0 aliphatic carbocycles. The Morgan fingerprint density at radius 1 is 1.06 bits per heavy atom. The molecule has 1 fully saturated rings. The lowest BCUT2D eigenvalue weighted by atomic mass is 10.0. The lowest BCUT2D eigenvalue weighted by Crippen LogP contribution is -2.46. The van der Waals surface area contributed by atoms with E-state index in [0.717, 1.165) is 44.6 Å². The first kappa shape index (κ1) is 23.3. The van der Waals surface area contributed by atoms with Crippen molar-refractivity contribution in [3.8, 4) is 0 Å². The number of aromatic nitrogens is 1. The lowest BCUT2D eigenvalue weighted by molar-refractivity contribution is -0.134. The summed E-state index contributed by atoms with van der Waals surface area (Å²) in [6, 6.07) is 9.84. The third-order valence-corrected chi connectivity index (χ3v) is 6.86. The second-order valence-corrected chi connectivity index (χ2v) is 9.04.